The van der Waals surface area contributed by atoms with E-state index in [2.05, 4.69) is 60.5 Å². The molecule has 1 atom stereocenters. The molecule has 1 N–H and O–H groups in total. The Labute approximate surface area is 128 Å². The number of rotatable bonds is 5. The zero-order valence-corrected chi connectivity index (χ0v) is 14.0. The second kappa shape index (κ2) is 6.80. The monoisotopic (exact) mass is 388 g/mol. The standard InChI is InChI=1S/C13H14Br2N2S/c1-2-16-11(8-12-9(14)5-7-18-12)13-10(15)4-3-6-17-13/h3-7,11,16H,2,8H2,1H3. The Morgan fingerprint density at radius 1 is 1.33 bits per heavy atom. The number of halogens is 2. The lowest BCUT2D eigenvalue weighted by Gasteiger charge is -2.18. The first-order valence-electron chi connectivity index (χ1n) is 5.78. The van der Waals surface area contributed by atoms with Gasteiger partial charge in [0.1, 0.15) is 0 Å². The quantitative estimate of drug-likeness (QED) is 0.810. The molecule has 2 aromatic rings. The van der Waals surface area contributed by atoms with E-state index in [9.17, 15) is 0 Å². The van der Waals surface area contributed by atoms with Gasteiger partial charge in [-0.2, -0.15) is 0 Å². The van der Waals surface area contributed by atoms with Crippen molar-refractivity contribution >= 4 is 43.2 Å². The molecule has 2 rings (SSSR count). The molecule has 0 aromatic carbocycles. The van der Waals surface area contributed by atoms with Crippen LogP contribution in [-0.4, -0.2) is 11.5 Å². The molecule has 0 spiro atoms. The summed E-state index contributed by atoms with van der Waals surface area (Å²) in [4.78, 5) is 5.83. The summed E-state index contributed by atoms with van der Waals surface area (Å²) in [5.74, 6) is 0. The summed E-state index contributed by atoms with van der Waals surface area (Å²) in [6.07, 6.45) is 2.79. The van der Waals surface area contributed by atoms with E-state index in [0.29, 0.717) is 0 Å². The van der Waals surface area contributed by atoms with Crippen molar-refractivity contribution in [2.45, 2.75) is 19.4 Å². The number of likely N-dealkylation sites (N-methyl/N-ethyl adjacent to an activating group) is 1. The number of thiophene rings is 1. The van der Waals surface area contributed by atoms with Crippen molar-refractivity contribution in [3.05, 3.63) is 49.3 Å². The van der Waals surface area contributed by atoms with Crippen molar-refractivity contribution in [3.8, 4) is 0 Å². The van der Waals surface area contributed by atoms with Gasteiger partial charge in [0.2, 0.25) is 0 Å². The summed E-state index contributed by atoms with van der Waals surface area (Å²) in [6, 6.07) is 6.31. The van der Waals surface area contributed by atoms with Crippen LogP contribution in [0.2, 0.25) is 0 Å². The largest absolute Gasteiger partial charge is 0.309 e. The molecule has 2 nitrogen and oxygen atoms in total. The highest BCUT2D eigenvalue weighted by Crippen LogP contribution is 2.30. The minimum absolute atomic E-state index is 0.237. The maximum Gasteiger partial charge on any atom is 0.0718 e. The average Bonchev–Trinajstić information content (AvgIpc) is 2.75. The minimum Gasteiger partial charge on any atom is -0.309 e. The molecule has 5 heteroatoms. The molecular weight excluding hydrogens is 376 g/mol. The second-order valence-corrected chi connectivity index (χ2v) is 6.59. The van der Waals surface area contributed by atoms with Crippen LogP contribution < -0.4 is 5.32 Å². The molecule has 1 unspecified atom stereocenters. The molecule has 0 aliphatic heterocycles. The summed E-state index contributed by atoms with van der Waals surface area (Å²) in [5, 5.41) is 5.61. The Morgan fingerprint density at radius 3 is 2.78 bits per heavy atom. The minimum atomic E-state index is 0.237. The lowest BCUT2D eigenvalue weighted by molar-refractivity contribution is 0.537. The van der Waals surface area contributed by atoms with Crippen LogP contribution in [-0.2, 0) is 6.42 Å². The molecule has 0 bridgehead atoms. The molecular formula is C13H14Br2N2S. The molecule has 0 radical (unpaired) electrons. The van der Waals surface area contributed by atoms with E-state index in [1.54, 1.807) is 11.3 Å². The number of pyridine rings is 1. The van der Waals surface area contributed by atoms with Crippen LogP contribution in [0, 0.1) is 0 Å². The van der Waals surface area contributed by atoms with Crippen molar-refractivity contribution in [2.24, 2.45) is 0 Å². The van der Waals surface area contributed by atoms with Gasteiger partial charge in [-0.05, 0) is 62.0 Å². The molecule has 0 aliphatic carbocycles. The summed E-state index contributed by atoms with van der Waals surface area (Å²) in [6.45, 7) is 3.05. The molecule has 0 saturated heterocycles. The summed E-state index contributed by atoms with van der Waals surface area (Å²) in [7, 11) is 0. The highest BCUT2D eigenvalue weighted by atomic mass is 79.9. The van der Waals surface area contributed by atoms with Gasteiger partial charge in [0.15, 0.2) is 0 Å². The smallest absolute Gasteiger partial charge is 0.0718 e. The fourth-order valence-corrected chi connectivity index (χ4v) is 3.91. The molecule has 2 heterocycles. The summed E-state index contributed by atoms with van der Waals surface area (Å²) < 4.78 is 2.24. The van der Waals surface area contributed by atoms with E-state index in [1.807, 2.05) is 18.3 Å². The molecule has 2 aromatic heterocycles. The second-order valence-electron chi connectivity index (χ2n) is 3.88. The summed E-state index contributed by atoms with van der Waals surface area (Å²) >= 11 is 8.94. The van der Waals surface area contributed by atoms with Crippen LogP contribution >= 0.6 is 43.2 Å². The molecule has 0 saturated carbocycles. The van der Waals surface area contributed by atoms with E-state index < -0.39 is 0 Å². The van der Waals surface area contributed by atoms with E-state index >= 15 is 0 Å². The number of aromatic nitrogens is 1. The number of nitrogens with zero attached hydrogens (tertiary/aromatic N) is 1. The highest BCUT2D eigenvalue weighted by Gasteiger charge is 2.17. The van der Waals surface area contributed by atoms with Gasteiger partial charge in [0.05, 0.1) is 11.7 Å². The summed E-state index contributed by atoms with van der Waals surface area (Å²) in [5.41, 5.74) is 1.07. The first kappa shape index (κ1) is 14.2. The molecule has 18 heavy (non-hydrogen) atoms. The van der Waals surface area contributed by atoms with Crippen LogP contribution in [0.4, 0.5) is 0 Å². The molecule has 0 amide bonds. The van der Waals surface area contributed by atoms with Crippen LogP contribution in [0.1, 0.15) is 23.5 Å². The Hall–Kier alpha value is -0.230. The van der Waals surface area contributed by atoms with Gasteiger partial charge in [-0.15, -0.1) is 11.3 Å². The molecule has 0 fully saturated rings. The maximum absolute atomic E-state index is 4.49. The average molecular weight is 390 g/mol. The van der Waals surface area contributed by atoms with E-state index in [1.165, 1.54) is 9.35 Å². The molecule has 96 valence electrons. The third kappa shape index (κ3) is 3.41. The van der Waals surface area contributed by atoms with Gasteiger partial charge in [-0.3, -0.25) is 4.98 Å². The van der Waals surface area contributed by atoms with Gasteiger partial charge < -0.3 is 5.32 Å². The van der Waals surface area contributed by atoms with E-state index in [-0.39, 0.29) is 6.04 Å². The normalized spacial score (nSPS) is 12.6. The first-order chi connectivity index (χ1) is 8.72. The fraction of sp³-hybridized carbons (Fsp3) is 0.308. The van der Waals surface area contributed by atoms with Crippen LogP contribution in [0.5, 0.6) is 0 Å². The van der Waals surface area contributed by atoms with Gasteiger partial charge in [-0.25, -0.2) is 0 Å². The third-order valence-electron chi connectivity index (χ3n) is 2.65. The van der Waals surface area contributed by atoms with Crippen molar-refractivity contribution in [1.82, 2.24) is 10.3 Å². The predicted molar refractivity (Wildman–Crippen MR) is 84.1 cm³/mol. The van der Waals surface area contributed by atoms with Crippen molar-refractivity contribution in [2.75, 3.05) is 6.54 Å². The van der Waals surface area contributed by atoms with Crippen molar-refractivity contribution < 1.29 is 0 Å². The van der Waals surface area contributed by atoms with Crippen molar-refractivity contribution in [3.63, 3.8) is 0 Å². The van der Waals surface area contributed by atoms with Crippen LogP contribution in [0.25, 0.3) is 0 Å². The first-order valence-corrected chi connectivity index (χ1v) is 8.24. The fourth-order valence-electron chi connectivity index (χ4n) is 1.82. The number of hydrogen-bond acceptors (Lipinski definition) is 3. The zero-order chi connectivity index (χ0) is 13.0. The van der Waals surface area contributed by atoms with E-state index in [4.69, 9.17) is 0 Å². The predicted octanol–water partition coefficient (Wildman–Crippen LogP) is 4.56. The topological polar surface area (TPSA) is 24.9 Å². The maximum atomic E-state index is 4.49. The number of hydrogen-bond donors (Lipinski definition) is 1. The zero-order valence-electron chi connectivity index (χ0n) is 9.99. The highest BCUT2D eigenvalue weighted by molar-refractivity contribution is 9.10. The number of nitrogens with one attached hydrogen (secondary N) is 1. The molecule has 0 aliphatic rings. The van der Waals surface area contributed by atoms with Gasteiger partial charge >= 0.3 is 0 Å². The lowest BCUT2D eigenvalue weighted by atomic mass is 10.1. The van der Waals surface area contributed by atoms with Gasteiger partial charge in [-0.1, -0.05) is 6.92 Å². The third-order valence-corrected chi connectivity index (χ3v) is 5.27. The Kier molecular flexibility index (Phi) is 5.36. The Balaban J connectivity index is 2.24. The Morgan fingerprint density at radius 2 is 2.17 bits per heavy atom. The SMILES string of the molecule is CCNC(Cc1sccc1Br)c1ncccc1Br. The van der Waals surface area contributed by atoms with Crippen LogP contribution in [0.3, 0.4) is 0 Å². The lowest BCUT2D eigenvalue weighted by Crippen LogP contribution is -2.24. The van der Waals surface area contributed by atoms with Crippen molar-refractivity contribution in [1.29, 1.82) is 0 Å². The van der Waals surface area contributed by atoms with E-state index in [0.717, 1.165) is 23.1 Å². The van der Waals surface area contributed by atoms with Gasteiger partial charge in [0, 0.05) is 26.4 Å². The Bertz CT molecular complexity index is 513. The van der Waals surface area contributed by atoms with Crippen LogP contribution in [0.15, 0.2) is 38.7 Å². The van der Waals surface area contributed by atoms with Gasteiger partial charge in [0.25, 0.3) is 0 Å².